The highest BCUT2D eigenvalue weighted by molar-refractivity contribution is 6.13. The average Bonchev–Trinajstić information content (AvgIpc) is 3.08. The van der Waals surface area contributed by atoms with E-state index in [4.69, 9.17) is 4.74 Å². The summed E-state index contributed by atoms with van der Waals surface area (Å²) in [6.07, 6.45) is 23.8. The number of nitrogens with zero attached hydrogens (tertiary/aromatic N) is 1. The van der Waals surface area contributed by atoms with Crippen molar-refractivity contribution in [2.24, 2.45) is 0 Å². The van der Waals surface area contributed by atoms with Gasteiger partial charge in [-0.3, -0.25) is 14.5 Å². The molecule has 0 aromatic carbocycles. The molecule has 0 spiro atoms. The summed E-state index contributed by atoms with van der Waals surface area (Å²) in [6.45, 7) is 2.82. The molecule has 5 nitrogen and oxygen atoms in total. The SMILES string of the molecule is CCCCCCCCCCCCCCCCCCOCC(CO)N1C(=O)C=CC1=O. The summed E-state index contributed by atoms with van der Waals surface area (Å²) >= 11 is 0. The lowest BCUT2D eigenvalue weighted by molar-refractivity contribution is -0.142. The van der Waals surface area contributed by atoms with Crippen LogP contribution in [0, 0.1) is 0 Å². The van der Waals surface area contributed by atoms with Crippen LogP contribution in [0.4, 0.5) is 0 Å². The zero-order chi connectivity index (χ0) is 21.9. The van der Waals surface area contributed by atoms with Crippen molar-refractivity contribution in [2.45, 2.75) is 116 Å². The minimum Gasteiger partial charge on any atom is -0.394 e. The number of amides is 2. The third-order valence-electron chi connectivity index (χ3n) is 5.87. The van der Waals surface area contributed by atoms with E-state index in [0.717, 1.165) is 17.7 Å². The molecule has 1 rings (SSSR count). The Morgan fingerprint density at radius 1 is 0.733 bits per heavy atom. The van der Waals surface area contributed by atoms with Crippen LogP contribution in [0.15, 0.2) is 12.2 Å². The van der Waals surface area contributed by atoms with Crippen LogP contribution in [0.2, 0.25) is 0 Å². The molecule has 0 radical (unpaired) electrons. The predicted octanol–water partition coefficient (Wildman–Crippen LogP) is 5.55. The summed E-state index contributed by atoms with van der Waals surface area (Å²) in [5.41, 5.74) is 0. The van der Waals surface area contributed by atoms with Crippen LogP contribution in [0.5, 0.6) is 0 Å². The molecule has 5 heteroatoms. The van der Waals surface area contributed by atoms with E-state index in [1.54, 1.807) is 0 Å². The topological polar surface area (TPSA) is 66.8 Å². The van der Waals surface area contributed by atoms with E-state index >= 15 is 0 Å². The molecule has 1 aliphatic rings. The Balaban J connectivity index is 1.81. The highest BCUT2D eigenvalue weighted by Crippen LogP contribution is 2.14. The third kappa shape index (κ3) is 12.5. The minimum absolute atomic E-state index is 0.203. The molecule has 1 unspecified atom stereocenters. The van der Waals surface area contributed by atoms with Crippen molar-refractivity contribution >= 4 is 11.8 Å². The number of carbonyl (C=O) groups excluding carboxylic acids is 2. The van der Waals surface area contributed by atoms with E-state index in [1.807, 2.05) is 0 Å². The van der Waals surface area contributed by atoms with Crippen LogP contribution < -0.4 is 0 Å². The number of aliphatic hydroxyl groups is 1. The average molecular weight is 424 g/mol. The number of aliphatic hydroxyl groups excluding tert-OH is 1. The van der Waals surface area contributed by atoms with Crippen LogP contribution >= 0.6 is 0 Å². The second-order valence-electron chi connectivity index (χ2n) is 8.59. The lowest BCUT2D eigenvalue weighted by Gasteiger charge is -2.24. The van der Waals surface area contributed by atoms with Crippen LogP contribution in [0.3, 0.4) is 0 Å². The zero-order valence-corrected chi connectivity index (χ0v) is 19.3. The molecule has 0 fully saturated rings. The van der Waals surface area contributed by atoms with Gasteiger partial charge in [0, 0.05) is 18.8 Å². The van der Waals surface area contributed by atoms with Crippen molar-refractivity contribution < 1.29 is 19.4 Å². The molecule has 2 amide bonds. The Labute approximate surface area is 184 Å². The van der Waals surface area contributed by atoms with Gasteiger partial charge in [0.2, 0.25) is 0 Å². The predicted molar refractivity (Wildman–Crippen MR) is 122 cm³/mol. The molecule has 0 aromatic heterocycles. The molecule has 1 aliphatic heterocycles. The molecule has 0 saturated heterocycles. The standard InChI is InChI=1S/C25H45NO4/c1-2-3-4-5-6-7-8-9-10-11-12-13-14-15-16-17-20-30-22-23(21-27)26-24(28)18-19-25(26)29/h18-19,23,27H,2-17,20-22H2,1H3. The van der Waals surface area contributed by atoms with E-state index in [1.165, 1.54) is 102 Å². The number of hydrogen-bond donors (Lipinski definition) is 1. The van der Waals surface area contributed by atoms with Gasteiger partial charge in [-0.25, -0.2) is 0 Å². The maximum Gasteiger partial charge on any atom is 0.254 e. The fourth-order valence-electron chi connectivity index (χ4n) is 3.95. The summed E-state index contributed by atoms with van der Waals surface area (Å²) in [4.78, 5) is 24.3. The quantitative estimate of drug-likeness (QED) is 0.194. The van der Waals surface area contributed by atoms with Crippen molar-refractivity contribution in [1.82, 2.24) is 4.90 Å². The first-order valence-electron chi connectivity index (χ1n) is 12.4. The third-order valence-corrected chi connectivity index (χ3v) is 5.87. The molecule has 30 heavy (non-hydrogen) atoms. The Morgan fingerprint density at radius 2 is 1.13 bits per heavy atom. The summed E-state index contributed by atoms with van der Waals surface area (Å²) in [6, 6.07) is -0.582. The van der Waals surface area contributed by atoms with Crippen LogP contribution in [0.25, 0.3) is 0 Å². The molecule has 1 atom stereocenters. The van der Waals surface area contributed by atoms with Gasteiger partial charge in [-0.15, -0.1) is 0 Å². The van der Waals surface area contributed by atoms with Crippen molar-refractivity contribution in [3.63, 3.8) is 0 Å². The second kappa shape index (κ2) is 18.6. The number of rotatable bonds is 21. The van der Waals surface area contributed by atoms with E-state index in [2.05, 4.69) is 6.92 Å². The second-order valence-corrected chi connectivity index (χ2v) is 8.59. The summed E-state index contributed by atoms with van der Waals surface area (Å²) < 4.78 is 5.58. The van der Waals surface area contributed by atoms with Gasteiger partial charge in [-0.05, 0) is 6.42 Å². The largest absolute Gasteiger partial charge is 0.394 e. The van der Waals surface area contributed by atoms with E-state index in [9.17, 15) is 14.7 Å². The fourth-order valence-corrected chi connectivity index (χ4v) is 3.95. The fraction of sp³-hybridized carbons (Fsp3) is 0.840. The first-order valence-corrected chi connectivity index (χ1v) is 12.4. The Kier molecular flexibility index (Phi) is 16.6. The highest BCUT2D eigenvalue weighted by Gasteiger charge is 2.30. The molecular weight excluding hydrogens is 378 g/mol. The maximum atomic E-state index is 11.6. The Hall–Kier alpha value is -1.20. The molecule has 0 aliphatic carbocycles. The van der Waals surface area contributed by atoms with Gasteiger partial charge in [-0.1, -0.05) is 103 Å². The van der Waals surface area contributed by atoms with Gasteiger partial charge in [0.25, 0.3) is 11.8 Å². The summed E-state index contributed by atoms with van der Waals surface area (Å²) in [5, 5.41) is 9.41. The number of carbonyl (C=O) groups is 2. The molecule has 174 valence electrons. The highest BCUT2D eigenvalue weighted by atomic mass is 16.5. The number of unbranched alkanes of at least 4 members (excludes halogenated alkanes) is 15. The van der Waals surface area contributed by atoms with Crippen molar-refractivity contribution in [2.75, 3.05) is 19.8 Å². The first kappa shape index (κ1) is 26.8. The summed E-state index contributed by atoms with van der Waals surface area (Å²) in [5.74, 6) is -0.741. The van der Waals surface area contributed by atoms with Crippen molar-refractivity contribution in [3.05, 3.63) is 12.2 Å². The summed E-state index contributed by atoms with van der Waals surface area (Å²) in [7, 11) is 0. The van der Waals surface area contributed by atoms with Gasteiger partial charge < -0.3 is 9.84 Å². The minimum atomic E-state index is -0.582. The van der Waals surface area contributed by atoms with Crippen LogP contribution in [-0.2, 0) is 14.3 Å². The van der Waals surface area contributed by atoms with Gasteiger partial charge in [-0.2, -0.15) is 0 Å². The van der Waals surface area contributed by atoms with E-state index < -0.39 is 6.04 Å². The van der Waals surface area contributed by atoms with Gasteiger partial charge >= 0.3 is 0 Å². The number of hydrogen-bond acceptors (Lipinski definition) is 4. The molecule has 1 N–H and O–H groups in total. The number of imide groups is 1. The van der Waals surface area contributed by atoms with Crippen molar-refractivity contribution in [1.29, 1.82) is 0 Å². The Bertz CT molecular complexity index is 460. The first-order chi connectivity index (χ1) is 14.7. The van der Waals surface area contributed by atoms with E-state index in [0.29, 0.717) is 6.61 Å². The normalized spacial score (nSPS) is 14.8. The Morgan fingerprint density at radius 3 is 1.53 bits per heavy atom. The smallest absolute Gasteiger partial charge is 0.254 e. The molecule has 1 heterocycles. The monoisotopic (exact) mass is 423 g/mol. The molecular formula is C25H45NO4. The molecule has 0 bridgehead atoms. The van der Waals surface area contributed by atoms with Crippen molar-refractivity contribution in [3.8, 4) is 0 Å². The van der Waals surface area contributed by atoms with Crippen LogP contribution in [0.1, 0.15) is 110 Å². The van der Waals surface area contributed by atoms with Crippen LogP contribution in [-0.4, -0.2) is 47.7 Å². The lowest BCUT2D eigenvalue weighted by atomic mass is 10.0. The molecule has 0 saturated carbocycles. The van der Waals surface area contributed by atoms with Gasteiger partial charge in [0.15, 0.2) is 0 Å². The lowest BCUT2D eigenvalue weighted by Crippen LogP contribution is -2.45. The van der Waals surface area contributed by atoms with Gasteiger partial charge in [0.05, 0.1) is 19.3 Å². The zero-order valence-electron chi connectivity index (χ0n) is 19.3. The van der Waals surface area contributed by atoms with Gasteiger partial charge in [0.1, 0.15) is 0 Å². The van der Waals surface area contributed by atoms with E-state index in [-0.39, 0.29) is 25.0 Å². The maximum absolute atomic E-state index is 11.6. The molecule has 0 aromatic rings. The number of ether oxygens (including phenoxy) is 1.